The van der Waals surface area contributed by atoms with Gasteiger partial charge in [0.1, 0.15) is 0 Å². The van der Waals surface area contributed by atoms with E-state index in [-0.39, 0.29) is 11.8 Å². The molecule has 0 bridgehead atoms. The molecular weight excluding hydrogens is 374 g/mol. The van der Waals surface area contributed by atoms with Gasteiger partial charge < -0.3 is 9.47 Å². The molecule has 0 amide bonds. The maximum absolute atomic E-state index is 13.4. The zero-order chi connectivity index (χ0) is 20.4. The van der Waals surface area contributed by atoms with Crippen molar-refractivity contribution in [3.8, 4) is 11.5 Å². The molecule has 1 aliphatic rings. The first-order valence-electron chi connectivity index (χ1n) is 9.65. The third-order valence-corrected chi connectivity index (χ3v) is 7.42. The van der Waals surface area contributed by atoms with Gasteiger partial charge in [-0.3, -0.25) is 5.32 Å². The van der Waals surface area contributed by atoms with Crippen LogP contribution in [0.4, 0.5) is 0 Å². The van der Waals surface area contributed by atoms with E-state index in [4.69, 9.17) is 9.47 Å². The average Bonchev–Trinajstić information content (AvgIpc) is 2.78. The van der Waals surface area contributed by atoms with Gasteiger partial charge in [0.15, 0.2) is 21.3 Å². The molecule has 6 heteroatoms. The summed E-state index contributed by atoms with van der Waals surface area (Å²) in [5, 5.41) is 3.67. The fourth-order valence-electron chi connectivity index (χ4n) is 3.96. The Labute approximate surface area is 168 Å². The SMILES string of the molecule is CCCC[C@@]1(C)CS(=O)(=O)c2cc(OC)c(OC)cc2[C@@H](c2ccccc2)N1. The minimum Gasteiger partial charge on any atom is -0.493 e. The topological polar surface area (TPSA) is 64.6 Å². The molecule has 2 aromatic rings. The number of hydrogen-bond donors (Lipinski definition) is 1. The predicted octanol–water partition coefficient (Wildman–Crippen LogP) is 4.12. The summed E-state index contributed by atoms with van der Waals surface area (Å²) >= 11 is 0. The Morgan fingerprint density at radius 1 is 1.11 bits per heavy atom. The molecule has 0 aliphatic carbocycles. The highest BCUT2D eigenvalue weighted by Crippen LogP contribution is 2.41. The van der Waals surface area contributed by atoms with E-state index in [9.17, 15) is 8.42 Å². The molecule has 1 heterocycles. The Morgan fingerprint density at radius 3 is 2.36 bits per heavy atom. The minimum atomic E-state index is -3.51. The standard InChI is InChI=1S/C22H29NO4S/c1-5-6-12-22(2)15-28(24,25)20-14-19(27-4)18(26-3)13-17(20)21(23-22)16-10-8-7-9-11-16/h7-11,13-14,21,23H,5-6,12,15H2,1-4H3/t21-,22+/m1/s1. The van der Waals surface area contributed by atoms with Crippen LogP contribution in [0, 0.1) is 0 Å². The Kier molecular flexibility index (Phi) is 6.01. The summed E-state index contributed by atoms with van der Waals surface area (Å²) < 4.78 is 37.6. The second-order valence-corrected chi connectivity index (χ2v) is 9.61. The van der Waals surface area contributed by atoms with Crippen molar-refractivity contribution in [3.63, 3.8) is 0 Å². The van der Waals surface area contributed by atoms with Crippen molar-refractivity contribution in [2.75, 3.05) is 20.0 Å². The van der Waals surface area contributed by atoms with Crippen molar-refractivity contribution in [3.05, 3.63) is 53.6 Å². The van der Waals surface area contributed by atoms with Crippen molar-refractivity contribution < 1.29 is 17.9 Å². The van der Waals surface area contributed by atoms with Gasteiger partial charge in [0.25, 0.3) is 0 Å². The molecule has 0 unspecified atom stereocenters. The monoisotopic (exact) mass is 403 g/mol. The van der Waals surface area contributed by atoms with Gasteiger partial charge in [0.2, 0.25) is 0 Å². The Morgan fingerprint density at radius 2 is 1.75 bits per heavy atom. The number of unbranched alkanes of at least 4 members (excludes halogenated alkanes) is 1. The molecule has 2 atom stereocenters. The van der Waals surface area contributed by atoms with Crippen LogP contribution in [0.5, 0.6) is 11.5 Å². The Balaban J connectivity index is 2.24. The third-order valence-electron chi connectivity index (χ3n) is 5.38. The number of benzene rings is 2. The van der Waals surface area contributed by atoms with Crippen molar-refractivity contribution in [2.24, 2.45) is 0 Å². The Hall–Kier alpha value is -2.05. The van der Waals surface area contributed by atoms with Gasteiger partial charge in [-0.2, -0.15) is 0 Å². The lowest BCUT2D eigenvalue weighted by atomic mass is 9.91. The number of ether oxygens (including phenoxy) is 2. The minimum absolute atomic E-state index is 0.0474. The van der Waals surface area contributed by atoms with Crippen LogP contribution in [0.1, 0.15) is 50.3 Å². The third kappa shape index (κ3) is 4.03. The lowest BCUT2D eigenvalue weighted by molar-refractivity contribution is 0.330. The number of rotatable bonds is 6. The number of nitrogens with one attached hydrogen (secondary N) is 1. The van der Waals surface area contributed by atoms with E-state index < -0.39 is 15.4 Å². The van der Waals surface area contributed by atoms with Crippen LogP contribution in [0.2, 0.25) is 0 Å². The molecular formula is C22H29NO4S. The highest BCUT2D eigenvalue weighted by molar-refractivity contribution is 7.91. The molecule has 152 valence electrons. The number of hydrogen-bond acceptors (Lipinski definition) is 5. The summed E-state index contributed by atoms with van der Waals surface area (Å²) in [5.41, 5.74) is 1.19. The molecule has 1 N–H and O–H groups in total. The highest BCUT2D eigenvalue weighted by Gasteiger charge is 2.40. The summed E-state index contributed by atoms with van der Waals surface area (Å²) in [6, 6.07) is 13.1. The van der Waals surface area contributed by atoms with Crippen LogP contribution < -0.4 is 14.8 Å². The van der Waals surface area contributed by atoms with Crippen molar-refractivity contribution in [1.82, 2.24) is 5.32 Å². The first-order chi connectivity index (χ1) is 13.3. The van der Waals surface area contributed by atoms with E-state index in [1.54, 1.807) is 19.2 Å². The van der Waals surface area contributed by atoms with Crippen LogP contribution in [0.25, 0.3) is 0 Å². The Bertz CT molecular complexity index is 927. The molecule has 0 saturated heterocycles. The molecule has 0 saturated carbocycles. The first kappa shape index (κ1) is 20.7. The van der Waals surface area contributed by atoms with Gasteiger partial charge >= 0.3 is 0 Å². The van der Waals surface area contributed by atoms with Gasteiger partial charge in [-0.1, -0.05) is 50.1 Å². The average molecular weight is 404 g/mol. The summed E-state index contributed by atoms with van der Waals surface area (Å²) in [5.74, 6) is 0.997. The molecule has 3 rings (SSSR count). The maximum Gasteiger partial charge on any atom is 0.180 e. The van der Waals surface area contributed by atoms with Gasteiger partial charge in [-0.15, -0.1) is 0 Å². The highest BCUT2D eigenvalue weighted by atomic mass is 32.2. The predicted molar refractivity (Wildman–Crippen MR) is 111 cm³/mol. The van der Waals surface area contributed by atoms with Gasteiger partial charge in [-0.05, 0) is 30.5 Å². The summed E-state index contributed by atoms with van der Waals surface area (Å²) in [7, 11) is -0.432. The van der Waals surface area contributed by atoms with E-state index >= 15 is 0 Å². The quantitative estimate of drug-likeness (QED) is 0.786. The summed E-state index contributed by atoms with van der Waals surface area (Å²) in [6.45, 7) is 4.13. The van der Waals surface area contributed by atoms with E-state index in [1.165, 1.54) is 7.11 Å². The molecule has 1 aliphatic heterocycles. The zero-order valence-corrected chi connectivity index (χ0v) is 17.8. The smallest absolute Gasteiger partial charge is 0.180 e. The first-order valence-corrected chi connectivity index (χ1v) is 11.3. The van der Waals surface area contributed by atoms with Crippen molar-refractivity contribution in [2.45, 2.75) is 49.6 Å². The molecule has 0 aromatic heterocycles. The number of sulfone groups is 1. The summed E-state index contributed by atoms with van der Waals surface area (Å²) in [6.07, 6.45) is 2.76. The fourth-order valence-corrected chi connectivity index (χ4v) is 6.00. The van der Waals surface area contributed by atoms with Crippen LogP contribution in [0.15, 0.2) is 47.4 Å². The van der Waals surface area contributed by atoms with E-state index in [1.807, 2.05) is 37.3 Å². The van der Waals surface area contributed by atoms with Gasteiger partial charge in [0, 0.05) is 11.6 Å². The molecule has 0 radical (unpaired) electrons. The number of methoxy groups -OCH3 is 2. The zero-order valence-electron chi connectivity index (χ0n) is 17.0. The molecule has 0 fully saturated rings. The van der Waals surface area contributed by atoms with E-state index in [0.717, 1.165) is 24.8 Å². The van der Waals surface area contributed by atoms with E-state index in [2.05, 4.69) is 12.2 Å². The lowest BCUT2D eigenvalue weighted by Gasteiger charge is -2.33. The largest absolute Gasteiger partial charge is 0.493 e. The lowest BCUT2D eigenvalue weighted by Crippen LogP contribution is -2.47. The fraction of sp³-hybridized carbons (Fsp3) is 0.455. The molecule has 28 heavy (non-hydrogen) atoms. The number of fused-ring (bicyclic) bond motifs is 1. The molecule has 2 aromatic carbocycles. The van der Waals surface area contributed by atoms with Crippen molar-refractivity contribution >= 4 is 9.84 Å². The normalized spacial score (nSPS) is 23.5. The van der Waals surface area contributed by atoms with Gasteiger partial charge in [0.05, 0.1) is 30.9 Å². The second-order valence-electron chi connectivity index (χ2n) is 7.66. The van der Waals surface area contributed by atoms with Gasteiger partial charge in [-0.25, -0.2) is 8.42 Å². The molecule has 0 spiro atoms. The molecule has 5 nitrogen and oxygen atoms in total. The van der Waals surface area contributed by atoms with Crippen LogP contribution >= 0.6 is 0 Å². The van der Waals surface area contributed by atoms with Crippen LogP contribution in [-0.4, -0.2) is 33.9 Å². The van der Waals surface area contributed by atoms with Crippen LogP contribution in [-0.2, 0) is 9.84 Å². The van der Waals surface area contributed by atoms with Crippen LogP contribution in [0.3, 0.4) is 0 Å². The second kappa shape index (κ2) is 8.13. The van der Waals surface area contributed by atoms with Crippen molar-refractivity contribution in [1.29, 1.82) is 0 Å². The maximum atomic E-state index is 13.4. The van der Waals surface area contributed by atoms with E-state index in [0.29, 0.717) is 22.0 Å². The summed E-state index contributed by atoms with van der Waals surface area (Å²) in [4.78, 5) is 0.312.